The number of nitrogens with one attached hydrogen (secondary N) is 1. The van der Waals surface area contributed by atoms with Gasteiger partial charge in [-0.1, -0.05) is 13.8 Å². The van der Waals surface area contributed by atoms with Crippen LogP contribution in [0.3, 0.4) is 0 Å². The third-order valence-electron chi connectivity index (χ3n) is 4.59. The van der Waals surface area contributed by atoms with Crippen molar-refractivity contribution in [3.63, 3.8) is 0 Å². The smallest absolute Gasteiger partial charge is 0.223 e. The molecule has 0 saturated heterocycles. The zero-order valence-electron chi connectivity index (χ0n) is 10.5. The molecule has 2 fully saturated rings. The van der Waals surface area contributed by atoms with E-state index in [0.717, 1.165) is 38.5 Å². The first-order valence-corrected chi connectivity index (χ1v) is 6.61. The monoisotopic (exact) mass is 224 g/mol. The molecule has 92 valence electrons. The molecule has 3 N–H and O–H groups in total. The van der Waals surface area contributed by atoms with E-state index in [-0.39, 0.29) is 17.2 Å². The second-order valence-electron chi connectivity index (χ2n) is 5.88. The number of amides is 1. The Labute approximate surface area is 98.2 Å². The SMILES string of the molecule is CCC1(C)CC1C(=O)NC1CCC(N)CC1. The fraction of sp³-hybridized carbons (Fsp3) is 0.923. The molecule has 0 heterocycles. The van der Waals surface area contributed by atoms with Crippen molar-refractivity contribution in [2.45, 2.75) is 64.5 Å². The predicted octanol–water partition coefficient (Wildman–Crippen LogP) is 1.81. The standard InChI is InChI=1S/C13H24N2O/c1-3-13(2)8-11(13)12(16)15-10-6-4-9(14)5-7-10/h9-11H,3-8,14H2,1-2H3,(H,15,16). The minimum atomic E-state index is 0.271. The predicted molar refractivity (Wildman–Crippen MR) is 64.9 cm³/mol. The van der Waals surface area contributed by atoms with Gasteiger partial charge in [0.05, 0.1) is 0 Å². The van der Waals surface area contributed by atoms with Crippen LogP contribution in [0.1, 0.15) is 52.4 Å². The van der Waals surface area contributed by atoms with Crippen molar-refractivity contribution in [1.29, 1.82) is 0 Å². The molecule has 2 aliphatic rings. The molecule has 0 aromatic heterocycles. The molecule has 2 unspecified atom stereocenters. The topological polar surface area (TPSA) is 55.1 Å². The van der Waals surface area contributed by atoms with E-state index in [0.29, 0.717) is 12.1 Å². The molecule has 3 nitrogen and oxygen atoms in total. The summed E-state index contributed by atoms with van der Waals surface area (Å²) in [4.78, 5) is 12.0. The summed E-state index contributed by atoms with van der Waals surface area (Å²) in [5, 5.41) is 3.20. The molecule has 2 aliphatic carbocycles. The lowest BCUT2D eigenvalue weighted by Gasteiger charge is -2.27. The van der Waals surface area contributed by atoms with E-state index in [4.69, 9.17) is 5.73 Å². The third kappa shape index (κ3) is 2.40. The average molecular weight is 224 g/mol. The zero-order valence-corrected chi connectivity index (χ0v) is 10.5. The van der Waals surface area contributed by atoms with E-state index in [9.17, 15) is 4.79 Å². The molecule has 2 saturated carbocycles. The number of carbonyl (C=O) groups excluding carboxylic acids is 1. The van der Waals surface area contributed by atoms with Gasteiger partial charge in [-0.15, -0.1) is 0 Å². The first kappa shape index (κ1) is 11.9. The number of hydrogen-bond acceptors (Lipinski definition) is 2. The number of nitrogens with two attached hydrogens (primary N) is 1. The van der Waals surface area contributed by atoms with E-state index in [1.807, 2.05) is 0 Å². The molecule has 0 spiro atoms. The molecule has 0 aromatic rings. The second kappa shape index (κ2) is 4.36. The van der Waals surface area contributed by atoms with Gasteiger partial charge in [0.1, 0.15) is 0 Å². The van der Waals surface area contributed by atoms with Crippen LogP contribution in [0.25, 0.3) is 0 Å². The molecule has 3 heteroatoms. The van der Waals surface area contributed by atoms with Gasteiger partial charge in [0, 0.05) is 18.0 Å². The Bertz CT molecular complexity index is 271. The Morgan fingerprint density at radius 2 is 2.00 bits per heavy atom. The summed E-state index contributed by atoms with van der Waals surface area (Å²) in [5.74, 6) is 0.554. The van der Waals surface area contributed by atoms with Crippen molar-refractivity contribution < 1.29 is 4.79 Å². The highest BCUT2D eigenvalue weighted by Crippen LogP contribution is 2.54. The first-order valence-electron chi connectivity index (χ1n) is 6.61. The Kier molecular flexibility index (Phi) is 3.24. The van der Waals surface area contributed by atoms with Crippen LogP contribution in [0.5, 0.6) is 0 Å². The van der Waals surface area contributed by atoms with E-state index < -0.39 is 0 Å². The van der Waals surface area contributed by atoms with Gasteiger partial charge in [-0.3, -0.25) is 4.79 Å². The summed E-state index contributed by atoms with van der Waals surface area (Å²) in [6.45, 7) is 4.39. The van der Waals surface area contributed by atoms with E-state index in [1.54, 1.807) is 0 Å². The number of rotatable bonds is 3. The zero-order chi connectivity index (χ0) is 11.8. The Hall–Kier alpha value is -0.570. The van der Waals surface area contributed by atoms with Gasteiger partial charge in [0.25, 0.3) is 0 Å². The fourth-order valence-electron chi connectivity index (χ4n) is 2.77. The second-order valence-corrected chi connectivity index (χ2v) is 5.88. The highest BCUT2D eigenvalue weighted by Gasteiger charge is 2.53. The molecule has 0 radical (unpaired) electrons. The Balaban J connectivity index is 1.76. The van der Waals surface area contributed by atoms with Gasteiger partial charge in [0.15, 0.2) is 0 Å². The third-order valence-corrected chi connectivity index (χ3v) is 4.59. The Morgan fingerprint density at radius 1 is 1.38 bits per heavy atom. The Morgan fingerprint density at radius 3 is 2.50 bits per heavy atom. The highest BCUT2D eigenvalue weighted by atomic mass is 16.2. The molecule has 2 rings (SSSR count). The van der Waals surface area contributed by atoms with E-state index in [1.165, 1.54) is 0 Å². The van der Waals surface area contributed by atoms with Gasteiger partial charge < -0.3 is 11.1 Å². The summed E-state index contributed by atoms with van der Waals surface area (Å²) in [6.07, 6.45) is 6.41. The van der Waals surface area contributed by atoms with Crippen molar-refractivity contribution in [3.05, 3.63) is 0 Å². The highest BCUT2D eigenvalue weighted by molar-refractivity contribution is 5.82. The maximum atomic E-state index is 12.0. The minimum Gasteiger partial charge on any atom is -0.353 e. The molecule has 0 bridgehead atoms. The van der Waals surface area contributed by atoms with Gasteiger partial charge in [0.2, 0.25) is 5.91 Å². The maximum Gasteiger partial charge on any atom is 0.223 e. The van der Waals surface area contributed by atoms with E-state index >= 15 is 0 Å². The average Bonchev–Trinajstić information content (AvgIpc) is 2.95. The molecular formula is C13H24N2O. The van der Waals surface area contributed by atoms with Crippen molar-refractivity contribution in [1.82, 2.24) is 5.32 Å². The van der Waals surface area contributed by atoms with E-state index in [2.05, 4.69) is 19.2 Å². The van der Waals surface area contributed by atoms with Crippen LogP contribution in [0.15, 0.2) is 0 Å². The number of carbonyl (C=O) groups is 1. The summed E-state index contributed by atoms with van der Waals surface area (Å²) >= 11 is 0. The summed E-state index contributed by atoms with van der Waals surface area (Å²) in [6, 6.07) is 0.740. The van der Waals surface area contributed by atoms with Crippen molar-refractivity contribution in [2.24, 2.45) is 17.1 Å². The lowest BCUT2D eigenvalue weighted by atomic mass is 9.91. The lowest BCUT2D eigenvalue weighted by molar-refractivity contribution is -0.124. The van der Waals surface area contributed by atoms with Crippen LogP contribution in [0, 0.1) is 11.3 Å². The lowest BCUT2D eigenvalue weighted by Crippen LogP contribution is -2.41. The fourth-order valence-corrected chi connectivity index (χ4v) is 2.77. The molecule has 1 amide bonds. The van der Waals surface area contributed by atoms with Crippen LogP contribution in [-0.4, -0.2) is 18.0 Å². The van der Waals surface area contributed by atoms with Gasteiger partial charge in [-0.2, -0.15) is 0 Å². The molecule has 0 aromatic carbocycles. The summed E-state index contributed by atoms with van der Waals surface area (Å²) < 4.78 is 0. The van der Waals surface area contributed by atoms with Crippen LogP contribution in [0.4, 0.5) is 0 Å². The van der Waals surface area contributed by atoms with Crippen molar-refractivity contribution >= 4 is 5.91 Å². The molecule has 0 aliphatic heterocycles. The van der Waals surface area contributed by atoms with Crippen LogP contribution in [0.2, 0.25) is 0 Å². The quantitative estimate of drug-likeness (QED) is 0.768. The van der Waals surface area contributed by atoms with Crippen molar-refractivity contribution in [2.75, 3.05) is 0 Å². The van der Waals surface area contributed by atoms with Gasteiger partial charge in [-0.05, 0) is 43.9 Å². The molecular weight excluding hydrogens is 200 g/mol. The summed E-state index contributed by atoms with van der Waals surface area (Å²) in [5.41, 5.74) is 6.14. The molecule has 2 atom stereocenters. The van der Waals surface area contributed by atoms with Crippen molar-refractivity contribution in [3.8, 4) is 0 Å². The number of hydrogen-bond donors (Lipinski definition) is 2. The minimum absolute atomic E-state index is 0.271. The maximum absolute atomic E-state index is 12.0. The normalized spacial score (nSPS) is 42.8. The largest absolute Gasteiger partial charge is 0.353 e. The van der Waals surface area contributed by atoms with Crippen LogP contribution < -0.4 is 11.1 Å². The summed E-state index contributed by atoms with van der Waals surface area (Å²) in [7, 11) is 0. The van der Waals surface area contributed by atoms with Gasteiger partial charge >= 0.3 is 0 Å². The molecule has 16 heavy (non-hydrogen) atoms. The van der Waals surface area contributed by atoms with Crippen LogP contribution in [-0.2, 0) is 4.79 Å². The first-order chi connectivity index (χ1) is 7.55. The van der Waals surface area contributed by atoms with Crippen LogP contribution >= 0.6 is 0 Å². The van der Waals surface area contributed by atoms with Gasteiger partial charge in [-0.25, -0.2) is 0 Å².